The van der Waals surface area contributed by atoms with Gasteiger partial charge in [0.1, 0.15) is 0 Å². The first kappa shape index (κ1) is 18.7. The van der Waals surface area contributed by atoms with Crippen LogP contribution in [-0.2, 0) is 9.59 Å². The number of nitrogens with zero attached hydrogens (tertiary/aromatic N) is 4. The Hall–Kier alpha value is -1.27. The molecule has 2 amide bonds. The molecule has 0 aromatic heterocycles. The second-order valence-electron chi connectivity index (χ2n) is 4.72. The van der Waals surface area contributed by atoms with Crippen molar-refractivity contribution in [2.24, 2.45) is 15.9 Å². The van der Waals surface area contributed by atoms with E-state index in [2.05, 4.69) is 16.0 Å². The van der Waals surface area contributed by atoms with Gasteiger partial charge in [0.15, 0.2) is 0 Å². The zero-order valence-electron chi connectivity index (χ0n) is 11.9. The third-order valence-corrected chi connectivity index (χ3v) is 2.95. The fourth-order valence-electron chi connectivity index (χ4n) is 1.87. The molecule has 0 aromatic rings. The topological polar surface area (TPSA) is 85.6 Å². The Balaban J connectivity index is 0.00000361. The van der Waals surface area contributed by atoms with E-state index in [9.17, 15) is 14.8 Å². The molecule has 2 unspecified atom stereocenters. The van der Waals surface area contributed by atoms with Crippen molar-refractivity contribution in [2.75, 3.05) is 27.2 Å². The molecule has 0 bridgehead atoms. The highest BCUT2D eigenvalue weighted by Crippen LogP contribution is 2.25. The van der Waals surface area contributed by atoms with Crippen LogP contribution in [0, 0.1) is 5.92 Å². The molecule has 1 N–H and O–H groups in total. The first-order chi connectivity index (χ1) is 8.97. The van der Waals surface area contributed by atoms with Crippen molar-refractivity contribution in [3.63, 3.8) is 0 Å². The lowest BCUT2D eigenvalue weighted by molar-refractivity contribution is -0.172. The average Bonchev–Trinajstić information content (AvgIpc) is 2.61. The molecule has 1 rings (SSSR count). The largest absolute Gasteiger partial charge is 0.309 e. The van der Waals surface area contributed by atoms with E-state index in [-0.39, 0.29) is 29.9 Å². The maximum atomic E-state index is 11.8. The summed E-state index contributed by atoms with van der Waals surface area (Å²) in [6.45, 7) is 3.15. The van der Waals surface area contributed by atoms with Crippen LogP contribution in [0.5, 0.6) is 0 Å². The van der Waals surface area contributed by atoms with Crippen LogP contribution >= 0.6 is 12.4 Å². The maximum Gasteiger partial charge on any atom is 0.259 e. The molecule has 7 nitrogen and oxygen atoms in total. The SMILES string of the molecule is CCN=C=NC(CCN(C)C)C1CC(=O)N(O)C1=O.Cl. The van der Waals surface area contributed by atoms with Gasteiger partial charge in [-0.15, -0.1) is 12.4 Å². The number of carbonyl (C=O) groups excluding carboxylic acids is 2. The van der Waals surface area contributed by atoms with Crippen molar-refractivity contribution in [2.45, 2.75) is 25.8 Å². The predicted octanol–water partition coefficient (Wildman–Crippen LogP) is 0.687. The molecular formula is C12H21ClN4O3. The van der Waals surface area contributed by atoms with E-state index in [4.69, 9.17) is 0 Å². The van der Waals surface area contributed by atoms with E-state index in [0.717, 1.165) is 6.54 Å². The van der Waals surface area contributed by atoms with Gasteiger partial charge < -0.3 is 4.90 Å². The lowest BCUT2D eigenvalue weighted by Gasteiger charge is -2.18. The number of imide groups is 1. The second kappa shape index (κ2) is 8.81. The van der Waals surface area contributed by atoms with Crippen LogP contribution in [0.4, 0.5) is 0 Å². The van der Waals surface area contributed by atoms with Gasteiger partial charge in [0.2, 0.25) is 0 Å². The first-order valence-electron chi connectivity index (χ1n) is 6.29. The Morgan fingerprint density at radius 1 is 1.50 bits per heavy atom. The third-order valence-electron chi connectivity index (χ3n) is 2.95. The van der Waals surface area contributed by atoms with Crippen molar-refractivity contribution >= 4 is 30.2 Å². The molecule has 0 saturated carbocycles. The van der Waals surface area contributed by atoms with Gasteiger partial charge in [-0.2, -0.15) is 5.06 Å². The van der Waals surface area contributed by atoms with E-state index in [0.29, 0.717) is 13.0 Å². The molecule has 0 aliphatic carbocycles. The van der Waals surface area contributed by atoms with Gasteiger partial charge in [0.25, 0.3) is 11.8 Å². The number of halogens is 1. The van der Waals surface area contributed by atoms with Crippen LogP contribution in [0.3, 0.4) is 0 Å². The predicted molar refractivity (Wildman–Crippen MR) is 76.4 cm³/mol. The van der Waals surface area contributed by atoms with Gasteiger partial charge >= 0.3 is 0 Å². The number of hydrogen-bond acceptors (Lipinski definition) is 6. The lowest BCUT2D eigenvalue weighted by Crippen LogP contribution is -2.32. The van der Waals surface area contributed by atoms with Crippen LogP contribution in [0.25, 0.3) is 0 Å². The summed E-state index contributed by atoms with van der Waals surface area (Å²) in [5.41, 5.74) is 0. The molecule has 0 spiro atoms. The molecule has 0 radical (unpaired) electrons. The van der Waals surface area contributed by atoms with E-state index in [1.165, 1.54) is 0 Å². The van der Waals surface area contributed by atoms with Crippen LogP contribution in [0.15, 0.2) is 9.98 Å². The van der Waals surface area contributed by atoms with Crippen LogP contribution < -0.4 is 0 Å². The van der Waals surface area contributed by atoms with Crippen molar-refractivity contribution in [3.8, 4) is 0 Å². The summed E-state index contributed by atoms with van der Waals surface area (Å²) >= 11 is 0. The number of hydrogen-bond donors (Lipinski definition) is 1. The van der Waals surface area contributed by atoms with Crippen molar-refractivity contribution in [1.82, 2.24) is 9.96 Å². The quantitative estimate of drug-likeness (QED) is 0.444. The van der Waals surface area contributed by atoms with Crippen molar-refractivity contribution < 1.29 is 14.8 Å². The van der Waals surface area contributed by atoms with E-state index >= 15 is 0 Å². The normalized spacial score (nSPS) is 19.6. The highest BCUT2D eigenvalue weighted by Gasteiger charge is 2.42. The molecule has 1 saturated heterocycles. The fourth-order valence-corrected chi connectivity index (χ4v) is 1.87. The van der Waals surface area contributed by atoms with E-state index < -0.39 is 17.7 Å². The van der Waals surface area contributed by atoms with Gasteiger partial charge in [-0.3, -0.25) is 14.8 Å². The molecule has 1 fully saturated rings. The van der Waals surface area contributed by atoms with Gasteiger partial charge in [0, 0.05) is 13.0 Å². The van der Waals surface area contributed by atoms with Gasteiger partial charge in [0.05, 0.1) is 18.0 Å². The molecule has 20 heavy (non-hydrogen) atoms. The molecule has 1 aliphatic heterocycles. The molecular weight excluding hydrogens is 284 g/mol. The molecule has 2 atom stereocenters. The monoisotopic (exact) mass is 304 g/mol. The van der Waals surface area contributed by atoms with Crippen LogP contribution in [0.1, 0.15) is 19.8 Å². The van der Waals surface area contributed by atoms with Gasteiger partial charge in [-0.25, -0.2) is 9.98 Å². The summed E-state index contributed by atoms with van der Waals surface area (Å²) in [4.78, 5) is 33.1. The number of amides is 2. The second-order valence-corrected chi connectivity index (χ2v) is 4.72. The molecule has 1 heterocycles. The molecule has 114 valence electrons. The summed E-state index contributed by atoms with van der Waals surface area (Å²) in [6, 6.07) is 2.17. The minimum atomic E-state index is -0.614. The number of hydroxylamine groups is 2. The van der Waals surface area contributed by atoms with Crippen LogP contribution in [-0.4, -0.2) is 66.2 Å². The summed E-state index contributed by atoms with van der Waals surface area (Å²) in [5.74, 6) is -1.78. The van der Waals surface area contributed by atoms with Gasteiger partial charge in [-0.1, -0.05) is 0 Å². The number of aliphatic imine (C=N–C) groups is 2. The van der Waals surface area contributed by atoms with E-state index in [1.807, 2.05) is 25.9 Å². The minimum absolute atomic E-state index is 0. The summed E-state index contributed by atoms with van der Waals surface area (Å²) in [7, 11) is 3.84. The number of rotatable bonds is 6. The molecule has 0 aromatic carbocycles. The Labute approximate surface area is 124 Å². The van der Waals surface area contributed by atoms with E-state index in [1.54, 1.807) is 0 Å². The Kier molecular flexibility index (Phi) is 8.25. The Morgan fingerprint density at radius 3 is 2.60 bits per heavy atom. The smallest absolute Gasteiger partial charge is 0.259 e. The lowest BCUT2D eigenvalue weighted by atomic mass is 9.95. The van der Waals surface area contributed by atoms with Gasteiger partial charge in [-0.05, 0) is 34.0 Å². The average molecular weight is 305 g/mol. The fraction of sp³-hybridized carbons (Fsp3) is 0.750. The summed E-state index contributed by atoms with van der Waals surface area (Å²) in [5, 5.41) is 9.47. The zero-order valence-corrected chi connectivity index (χ0v) is 12.8. The first-order valence-corrected chi connectivity index (χ1v) is 6.29. The zero-order chi connectivity index (χ0) is 14.4. The third kappa shape index (κ3) is 5.02. The molecule has 1 aliphatic rings. The summed E-state index contributed by atoms with van der Waals surface area (Å²) in [6.07, 6.45) is 0.599. The van der Waals surface area contributed by atoms with Crippen molar-refractivity contribution in [3.05, 3.63) is 0 Å². The highest BCUT2D eigenvalue weighted by molar-refractivity contribution is 6.02. The van der Waals surface area contributed by atoms with Crippen molar-refractivity contribution in [1.29, 1.82) is 0 Å². The molecule has 8 heteroatoms. The standard InChI is InChI=1S/C12H20N4O3.ClH/c1-4-13-8-14-10(5-6-15(2)3)9-7-11(17)16(19)12(9)18;/h9-10,19H,4-7H2,1-3H3;1H. The maximum absolute atomic E-state index is 11.8. The summed E-state index contributed by atoms with van der Waals surface area (Å²) < 4.78 is 0. The van der Waals surface area contributed by atoms with Crippen LogP contribution in [0.2, 0.25) is 0 Å². The minimum Gasteiger partial charge on any atom is -0.309 e. The Bertz CT molecular complexity index is 408. The highest BCUT2D eigenvalue weighted by atomic mass is 35.5. The number of carbonyl (C=O) groups is 2. The Morgan fingerprint density at radius 2 is 2.15 bits per heavy atom.